The highest BCUT2D eigenvalue weighted by Crippen LogP contribution is 2.28. The zero-order valence-electron chi connectivity index (χ0n) is 17.4. The molecule has 0 aliphatic carbocycles. The largest absolute Gasteiger partial charge is 0.326 e. The van der Waals surface area contributed by atoms with Crippen molar-refractivity contribution in [1.82, 2.24) is 4.98 Å². The summed E-state index contributed by atoms with van der Waals surface area (Å²) in [4.78, 5) is 29.4. The maximum Gasteiger partial charge on any atom is 0.255 e. The van der Waals surface area contributed by atoms with Crippen molar-refractivity contribution in [2.45, 2.75) is 12.3 Å². The molecule has 0 unspecified atom stereocenters. The van der Waals surface area contributed by atoms with Gasteiger partial charge in [-0.25, -0.2) is 0 Å². The monoisotopic (exact) mass is 421 g/mol. The van der Waals surface area contributed by atoms with Crippen LogP contribution >= 0.6 is 0 Å². The number of nitrogens with one attached hydrogen (secondary N) is 2. The van der Waals surface area contributed by atoms with Crippen molar-refractivity contribution in [2.24, 2.45) is 0 Å². The third-order valence-corrected chi connectivity index (χ3v) is 5.14. The van der Waals surface area contributed by atoms with Crippen LogP contribution in [-0.4, -0.2) is 16.8 Å². The van der Waals surface area contributed by atoms with Gasteiger partial charge in [0.25, 0.3) is 5.91 Å². The van der Waals surface area contributed by atoms with Gasteiger partial charge in [0.2, 0.25) is 5.91 Å². The van der Waals surface area contributed by atoms with Crippen LogP contribution in [0.5, 0.6) is 0 Å². The molecule has 5 nitrogen and oxygen atoms in total. The maximum atomic E-state index is 12.9. The fourth-order valence-corrected chi connectivity index (χ4v) is 3.57. The Morgan fingerprint density at radius 2 is 1.31 bits per heavy atom. The van der Waals surface area contributed by atoms with Gasteiger partial charge in [0.15, 0.2) is 0 Å². The lowest BCUT2D eigenvalue weighted by molar-refractivity contribution is -0.116. The number of carbonyl (C=O) groups is 2. The van der Waals surface area contributed by atoms with Crippen LogP contribution in [0, 0.1) is 0 Å². The molecule has 2 amide bonds. The molecule has 4 rings (SSSR count). The minimum Gasteiger partial charge on any atom is -0.326 e. The SMILES string of the molecule is O=C(CC(c1ccccc1)c1ccccc1)Nc1cccc(C(=O)Nc2ccncc2)c1. The standard InChI is InChI=1S/C27H23N3O2/c31-26(19-25(20-8-3-1-4-9-20)21-10-5-2-6-11-21)29-24-13-7-12-22(18-24)27(32)30-23-14-16-28-17-15-23/h1-18,25H,19H2,(H,29,31)(H,28,30,32). The second-order valence-corrected chi connectivity index (χ2v) is 7.40. The molecular weight excluding hydrogens is 398 g/mol. The van der Waals surface area contributed by atoms with Crippen LogP contribution in [-0.2, 0) is 4.79 Å². The molecule has 1 heterocycles. The molecule has 4 aromatic rings. The average Bonchev–Trinajstić information content (AvgIpc) is 2.84. The van der Waals surface area contributed by atoms with Crippen molar-refractivity contribution in [1.29, 1.82) is 0 Å². The molecule has 0 aliphatic rings. The summed E-state index contributed by atoms with van der Waals surface area (Å²) in [5.41, 5.74) is 3.87. The normalized spacial score (nSPS) is 10.5. The number of carbonyl (C=O) groups excluding carboxylic acids is 2. The van der Waals surface area contributed by atoms with Crippen molar-refractivity contribution >= 4 is 23.2 Å². The molecule has 0 saturated heterocycles. The van der Waals surface area contributed by atoms with E-state index in [2.05, 4.69) is 15.6 Å². The van der Waals surface area contributed by atoms with Crippen molar-refractivity contribution in [3.05, 3.63) is 126 Å². The summed E-state index contributed by atoms with van der Waals surface area (Å²) in [5, 5.41) is 5.76. The van der Waals surface area contributed by atoms with E-state index in [1.54, 1.807) is 48.8 Å². The zero-order chi connectivity index (χ0) is 22.2. The van der Waals surface area contributed by atoms with Crippen molar-refractivity contribution in [2.75, 3.05) is 10.6 Å². The number of rotatable bonds is 7. The molecule has 0 radical (unpaired) electrons. The second-order valence-electron chi connectivity index (χ2n) is 7.40. The lowest BCUT2D eigenvalue weighted by atomic mass is 9.88. The van der Waals surface area contributed by atoms with E-state index >= 15 is 0 Å². The van der Waals surface area contributed by atoms with Crippen LogP contribution in [0.15, 0.2) is 109 Å². The molecule has 0 spiro atoms. The summed E-state index contributed by atoms with van der Waals surface area (Å²) in [6.07, 6.45) is 3.52. The highest BCUT2D eigenvalue weighted by Gasteiger charge is 2.18. The molecule has 0 aliphatic heterocycles. The first-order valence-corrected chi connectivity index (χ1v) is 10.4. The van der Waals surface area contributed by atoms with Gasteiger partial charge < -0.3 is 10.6 Å². The molecule has 5 heteroatoms. The van der Waals surface area contributed by atoms with Gasteiger partial charge >= 0.3 is 0 Å². The summed E-state index contributed by atoms with van der Waals surface area (Å²) < 4.78 is 0. The van der Waals surface area contributed by atoms with Crippen LogP contribution in [0.25, 0.3) is 0 Å². The Morgan fingerprint density at radius 1 is 0.688 bits per heavy atom. The predicted octanol–water partition coefficient (Wildman–Crippen LogP) is 5.49. The van der Waals surface area contributed by atoms with Crippen LogP contribution in [0.1, 0.15) is 33.8 Å². The first-order chi connectivity index (χ1) is 15.7. The highest BCUT2D eigenvalue weighted by molar-refractivity contribution is 6.05. The Hall–Kier alpha value is -4.25. The van der Waals surface area contributed by atoms with E-state index in [0.29, 0.717) is 23.4 Å². The van der Waals surface area contributed by atoms with Gasteiger partial charge in [0.1, 0.15) is 0 Å². The zero-order valence-corrected chi connectivity index (χ0v) is 17.4. The predicted molar refractivity (Wildman–Crippen MR) is 127 cm³/mol. The molecule has 32 heavy (non-hydrogen) atoms. The lowest BCUT2D eigenvalue weighted by Gasteiger charge is -2.18. The van der Waals surface area contributed by atoms with E-state index in [1.807, 2.05) is 60.7 Å². The second kappa shape index (κ2) is 10.2. The lowest BCUT2D eigenvalue weighted by Crippen LogP contribution is -2.17. The minimum atomic E-state index is -0.251. The van der Waals surface area contributed by atoms with Gasteiger partial charge in [0, 0.05) is 41.7 Å². The molecule has 158 valence electrons. The van der Waals surface area contributed by atoms with E-state index in [0.717, 1.165) is 11.1 Å². The molecule has 0 saturated carbocycles. The summed E-state index contributed by atoms with van der Waals surface area (Å²) in [6.45, 7) is 0. The number of aromatic nitrogens is 1. The van der Waals surface area contributed by atoms with E-state index < -0.39 is 0 Å². The first kappa shape index (κ1) is 21.0. The quantitative estimate of drug-likeness (QED) is 0.414. The first-order valence-electron chi connectivity index (χ1n) is 10.4. The van der Waals surface area contributed by atoms with E-state index in [-0.39, 0.29) is 17.7 Å². The Balaban J connectivity index is 1.47. The smallest absolute Gasteiger partial charge is 0.255 e. The molecule has 2 N–H and O–H groups in total. The van der Waals surface area contributed by atoms with Gasteiger partial charge in [-0.15, -0.1) is 0 Å². The number of amides is 2. The molecular formula is C27H23N3O2. The van der Waals surface area contributed by atoms with Gasteiger partial charge in [-0.3, -0.25) is 14.6 Å². The van der Waals surface area contributed by atoms with Gasteiger partial charge in [-0.05, 0) is 41.5 Å². The van der Waals surface area contributed by atoms with Gasteiger partial charge in [0.05, 0.1) is 0 Å². The maximum absolute atomic E-state index is 12.9. The molecule has 0 bridgehead atoms. The summed E-state index contributed by atoms with van der Waals surface area (Å²) in [5.74, 6) is -0.427. The van der Waals surface area contributed by atoms with Crippen LogP contribution in [0.2, 0.25) is 0 Å². The number of hydrogen-bond acceptors (Lipinski definition) is 3. The third-order valence-electron chi connectivity index (χ3n) is 5.14. The number of hydrogen-bond donors (Lipinski definition) is 2. The van der Waals surface area contributed by atoms with Crippen molar-refractivity contribution < 1.29 is 9.59 Å². The van der Waals surface area contributed by atoms with Crippen LogP contribution < -0.4 is 10.6 Å². The Bertz CT molecular complexity index is 1140. The fourth-order valence-electron chi connectivity index (χ4n) is 3.57. The van der Waals surface area contributed by atoms with Crippen molar-refractivity contribution in [3.8, 4) is 0 Å². The van der Waals surface area contributed by atoms with Gasteiger partial charge in [-0.2, -0.15) is 0 Å². The molecule has 1 aromatic heterocycles. The van der Waals surface area contributed by atoms with E-state index in [1.165, 1.54) is 0 Å². The Morgan fingerprint density at radius 3 is 1.94 bits per heavy atom. The fraction of sp³-hybridized carbons (Fsp3) is 0.0741. The minimum absolute atomic E-state index is 0.0597. The number of nitrogens with zero attached hydrogens (tertiary/aromatic N) is 1. The summed E-state index contributed by atoms with van der Waals surface area (Å²) in [7, 11) is 0. The third kappa shape index (κ3) is 5.46. The molecule has 0 atom stereocenters. The Kier molecular flexibility index (Phi) is 6.68. The number of pyridine rings is 1. The summed E-state index contributed by atoms with van der Waals surface area (Å²) in [6, 6.07) is 30.4. The van der Waals surface area contributed by atoms with E-state index in [9.17, 15) is 9.59 Å². The topological polar surface area (TPSA) is 71.1 Å². The van der Waals surface area contributed by atoms with Crippen LogP contribution in [0.3, 0.4) is 0 Å². The highest BCUT2D eigenvalue weighted by atomic mass is 16.2. The van der Waals surface area contributed by atoms with Crippen LogP contribution in [0.4, 0.5) is 11.4 Å². The number of anilines is 2. The molecule has 3 aromatic carbocycles. The van der Waals surface area contributed by atoms with E-state index in [4.69, 9.17) is 0 Å². The molecule has 0 fully saturated rings. The average molecular weight is 422 g/mol. The number of benzene rings is 3. The van der Waals surface area contributed by atoms with Crippen molar-refractivity contribution in [3.63, 3.8) is 0 Å². The Labute approximate surface area is 187 Å². The summed E-state index contributed by atoms with van der Waals surface area (Å²) >= 11 is 0. The van der Waals surface area contributed by atoms with Gasteiger partial charge in [-0.1, -0.05) is 66.7 Å².